The molecule has 1 fully saturated rings. The topological polar surface area (TPSA) is 295 Å². The third kappa shape index (κ3) is 18.4. The van der Waals surface area contributed by atoms with Crippen molar-refractivity contribution in [1.29, 1.82) is 0 Å². The molecule has 3 atom stereocenters. The molecule has 0 radical (unpaired) electrons. The number of amides is 6. The third-order valence-electron chi connectivity index (χ3n) is 10.0. The van der Waals surface area contributed by atoms with Gasteiger partial charge in [-0.1, -0.05) is 30.3 Å². The number of esters is 1. The van der Waals surface area contributed by atoms with E-state index in [1.165, 1.54) is 12.0 Å². The summed E-state index contributed by atoms with van der Waals surface area (Å²) in [6.45, 7) is 13.6. The fraction of sp³-hybridized carbons (Fsp3) is 0.556. The summed E-state index contributed by atoms with van der Waals surface area (Å²) in [6, 6.07) is 6.32. The number of methoxy groups -OCH3 is 1. The number of carbonyl (C=O) groups is 7. The molecule has 2 aromatic rings. The first-order chi connectivity index (χ1) is 31.2. The highest BCUT2D eigenvalue weighted by Gasteiger charge is 2.32. The summed E-state index contributed by atoms with van der Waals surface area (Å²) >= 11 is 0. The zero-order chi connectivity index (χ0) is 50.3. The molecular formula is C45H67N9O12S. The van der Waals surface area contributed by atoms with Gasteiger partial charge < -0.3 is 51.4 Å². The van der Waals surface area contributed by atoms with Gasteiger partial charge in [0.1, 0.15) is 35.1 Å². The van der Waals surface area contributed by atoms with E-state index in [0.717, 1.165) is 0 Å². The van der Waals surface area contributed by atoms with E-state index < -0.39 is 99.9 Å². The number of ether oxygens (including phenoxy) is 3. The summed E-state index contributed by atoms with van der Waals surface area (Å²) in [7, 11) is -2.69. The molecule has 2 aromatic carbocycles. The smallest absolute Gasteiger partial charge is 0.410 e. The lowest BCUT2D eigenvalue weighted by atomic mass is 10.0. The van der Waals surface area contributed by atoms with Crippen LogP contribution in [0.3, 0.4) is 0 Å². The first-order valence-corrected chi connectivity index (χ1v) is 23.3. The highest BCUT2D eigenvalue weighted by atomic mass is 32.2. The Morgan fingerprint density at radius 2 is 1.45 bits per heavy atom. The lowest BCUT2D eigenvalue weighted by molar-refractivity contribution is -0.156. The van der Waals surface area contributed by atoms with E-state index >= 15 is 0 Å². The van der Waals surface area contributed by atoms with Crippen LogP contribution in [0.15, 0.2) is 46.3 Å². The molecule has 21 nitrogen and oxygen atoms in total. The van der Waals surface area contributed by atoms with E-state index in [2.05, 4.69) is 36.3 Å². The molecule has 3 rings (SSSR count). The Hall–Kier alpha value is -6.45. The lowest BCUT2D eigenvalue weighted by Gasteiger charge is -2.28. The molecule has 0 unspecified atom stereocenters. The first-order valence-electron chi connectivity index (χ1n) is 21.9. The van der Waals surface area contributed by atoms with E-state index in [1.54, 1.807) is 98.7 Å². The SMILES string of the molecule is COc1cc(C)c(S(=O)(=O)NC(N)=NCCC[C@@H]2NC(=O)CCN(C(=O)OC(C)(C)C)CCNC(=O)[C@@H](Cc3ccccc3)NC(=O)[C@H](CC(=O)OC(C)(C)C)NC(=O)CNC2=O)c(C)c1C. The number of hydrogen-bond acceptors (Lipinski definition) is 13. The van der Waals surface area contributed by atoms with Gasteiger partial charge in [-0.3, -0.25) is 33.8 Å². The summed E-state index contributed by atoms with van der Waals surface area (Å²) in [5.41, 5.74) is 6.33. The normalized spacial score (nSPS) is 19.0. The van der Waals surface area contributed by atoms with E-state index in [4.69, 9.17) is 19.9 Å². The largest absolute Gasteiger partial charge is 0.496 e. The summed E-state index contributed by atoms with van der Waals surface area (Å²) in [5.74, 6) is -4.63. The van der Waals surface area contributed by atoms with Crippen LogP contribution in [0.25, 0.3) is 0 Å². The summed E-state index contributed by atoms with van der Waals surface area (Å²) < 4.78 is 45.4. The van der Waals surface area contributed by atoms with Crippen molar-refractivity contribution in [1.82, 2.24) is 36.2 Å². The number of carbonyl (C=O) groups excluding carboxylic acids is 7. The molecule has 0 aliphatic carbocycles. The molecule has 0 spiro atoms. The van der Waals surface area contributed by atoms with Gasteiger partial charge in [-0.05, 0) is 103 Å². The van der Waals surface area contributed by atoms with Crippen molar-refractivity contribution in [2.75, 3.05) is 39.8 Å². The predicted molar refractivity (Wildman–Crippen MR) is 248 cm³/mol. The first kappa shape index (κ1) is 54.9. The van der Waals surface area contributed by atoms with Crippen LogP contribution in [0.2, 0.25) is 0 Å². The Kier molecular flexibility index (Phi) is 20.0. The monoisotopic (exact) mass is 957 g/mol. The molecule has 1 saturated heterocycles. The second-order valence-electron chi connectivity index (χ2n) is 18.0. The molecule has 67 heavy (non-hydrogen) atoms. The van der Waals surface area contributed by atoms with Crippen LogP contribution in [-0.4, -0.2) is 130 Å². The fourth-order valence-corrected chi connectivity index (χ4v) is 8.30. The quantitative estimate of drug-likeness (QED) is 0.0725. The summed E-state index contributed by atoms with van der Waals surface area (Å²) in [5, 5.41) is 12.9. The minimum Gasteiger partial charge on any atom is -0.496 e. The van der Waals surface area contributed by atoms with E-state index in [0.29, 0.717) is 28.0 Å². The molecule has 1 aliphatic rings. The average molecular weight is 958 g/mol. The second-order valence-corrected chi connectivity index (χ2v) is 19.6. The van der Waals surface area contributed by atoms with Crippen molar-refractivity contribution < 1.29 is 56.2 Å². The van der Waals surface area contributed by atoms with Gasteiger partial charge in [0.2, 0.25) is 35.5 Å². The zero-order valence-electron chi connectivity index (χ0n) is 40.0. The molecule has 1 aliphatic heterocycles. The van der Waals surface area contributed by atoms with Crippen LogP contribution < -0.4 is 41.8 Å². The highest BCUT2D eigenvalue weighted by Crippen LogP contribution is 2.30. The van der Waals surface area contributed by atoms with Gasteiger partial charge in [-0.25, -0.2) is 17.9 Å². The minimum absolute atomic E-state index is 0.00917. The number of aliphatic imine (C=N–C) groups is 1. The molecule has 22 heteroatoms. The summed E-state index contributed by atoms with van der Waals surface area (Å²) in [6.07, 6.45) is -1.71. The Bertz CT molecular complexity index is 2260. The number of nitrogens with one attached hydrogen (secondary N) is 6. The maximum atomic E-state index is 13.9. The van der Waals surface area contributed by atoms with Gasteiger partial charge in [-0.2, -0.15) is 0 Å². The number of nitrogens with two attached hydrogens (primary N) is 1. The van der Waals surface area contributed by atoms with E-state index in [9.17, 15) is 42.0 Å². The van der Waals surface area contributed by atoms with Crippen LogP contribution in [0.1, 0.15) is 89.5 Å². The lowest BCUT2D eigenvalue weighted by Crippen LogP contribution is -2.56. The Morgan fingerprint density at radius 1 is 0.821 bits per heavy atom. The van der Waals surface area contributed by atoms with Gasteiger partial charge in [-0.15, -0.1) is 0 Å². The predicted octanol–water partition coefficient (Wildman–Crippen LogP) is 1.30. The van der Waals surface area contributed by atoms with Crippen LogP contribution in [0.5, 0.6) is 5.75 Å². The zero-order valence-corrected chi connectivity index (χ0v) is 40.9. The number of sulfonamides is 1. The fourth-order valence-electron chi connectivity index (χ4n) is 6.82. The molecule has 1 heterocycles. The van der Waals surface area contributed by atoms with Crippen LogP contribution in [0.4, 0.5) is 4.79 Å². The number of rotatable bonds is 11. The highest BCUT2D eigenvalue weighted by molar-refractivity contribution is 7.90. The second kappa shape index (κ2) is 24.4. The Balaban J connectivity index is 1.91. The molecule has 0 aromatic heterocycles. The van der Waals surface area contributed by atoms with Crippen molar-refractivity contribution in [3.8, 4) is 5.75 Å². The number of hydrogen-bond donors (Lipinski definition) is 7. The van der Waals surface area contributed by atoms with E-state index in [1.807, 2.05) is 0 Å². The number of nitrogens with zero attached hydrogens (tertiary/aromatic N) is 2. The van der Waals surface area contributed by atoms with Crippen LogP contribution in [0, 0.1) is 20.8 Å². The van der Waals surface area contributed by atoms with Crippen molar-refractivity contribution >= 4 is 57.6 Å². The standard InChI is InChI=1S/C45H67N9O12S/c1-27-23-34(64-10)28(2)29(3)38(27)67(62,63)53-42(46)48-19-14-17-31-39(58)49-26-36(56)51-33(25-37(57)65-44(4,5)6)41(60)52-32(24-30-15-12-11-13-16-30)40(59)47-20-22-54(21-18-35(55)50-31)43(61)66-45(7,8)9/h11-13,15-16,23,31-33H,14,17-22,24-26H2,1-10H3,(H,47,59)(H,49,58)(H,50,55)(H,51,56)(H,52,60)(H3,46,48,53)/t31-,32+,33-/m0/s1. The van der Waals surface area contributed by atoms with Gasteiger partial charge in [0.05, 0.1) is 25.0 Å². The Labute approximate surface area is 392 Å². The molecule has 370 valence electrons. The maximum absolute atomic E-state index is 13.9. The van der Waals surface area contributed by atoms with E-state index in [-0.39, 0.29) is 56.8 Å². The number of benzene rings is 2. The molecule has 8 N–H and O–H groups in total. The van der Waals surface area contributed by atoms with Gasteiger partial charge in [0.15, 0.2) is 0 Å². The Morgan fingerprint density at radius 3 is 2.07 bits per heavy atom. The molecule has 6 amide bonds. The van der Waals surface area contributed by atoms with Crippen molar-refractivity contribution in [3.05, 3.63) is 58.7 Å². The summed E-state index contributed by atoms with van der Waals surface area (Å²) in [4.78, 5) is 99.8. The number of guanidine groups is 1. The van der Waals surface area contributed by atoms with Crippen LogP contribution in [-0.2, 0) is 54.7 Å². The van der Waals surface area contributed by atoms with Gasteiger partial charge in [0.25, 0.3) is 10.0 Å². The molecule has 0 bridgehead atoms. The maximum Gasteiger partial charge on any atom is 0.410 e. The minimum atomic E-state index is -4.18. The van der Waals surface area contributed by atoms with Crippen molar-refractivity contribution in [2.24, 2.45) is 10.7 Å². The van der Waals surface area contributed by atoms with Crippen molar-refractivity contribution in [2.45, 2.75) is 129 Å². The van der Waals surface area contributed by atoms with Gasteiger partial charge in [0, 0.05) is 39.0 Å². The molecular weight excluding hydrogens is 891 g/mol. The average Bonchev–Trinajstić information content (AvgIpc) is 3.21. The van der Waals surface area contributed by atoms with Crippen LogP contribution >= 0.6 is 0 Å². The molecule has 0 saturated carbocycles. The van der Waals surface area contributed by atoms with Crippen molar-refractivity contribution in [3.63, 3.8) is 0 Å². The number of aryl methyl sites for hydroxylation is 1. The third-order valence-corrected chi connectivity index (χ3v) is 11.7. The van der Waals surface area contributed by atoms with Gasteiger partial charge >= 0.3 is 12.1 Å².